The van der Waals surface area contributed by atoms with Crippen molar-refractivity contribution < 1.29 is 101 Å². The van der Waals surface area contributed by atoms with Crippen LogP contribution in [0, 0.1) is 0 Å². The third kappa shape index (κ3) is 4.09. The van der Waals surface area contributed by atoms with Crippen LogP contribution in [0.2, 0.25) is 0 Å². The molecule has 0 spiro atoms. The maximum Gasteiger partial charge on any atom is 0.453 e. The monoisotopic (exact) mass is 589 g/mol. The Bertz CT molecular complexity index is 1160. The number of ether oxygens (including phenoxy) is 2. The Hall–Kier alpha value is -2.23. The summed E-state index contributed by atoms with van der Waals surface area (Å²) in [5, 5.41) is 170. The topological polar surface area (TPSA) is 383 Å². The molecule has 2 heterocycles. The number of rotatable bonds is 7. The lowest BCUT2D eigenvalue weighted by atomic mass is 9.65. The molecular weight excluding hydrogens is 562 g/mol. The largest absolute Gasteiger partial charge is 0.493 e. The van der Waals surface area contributed by atoms with Gasteiger partial charge >= 0.3 is 18.1 Å². The van der Waals surface area contributed by atoms with E-state index in [-0.39, 0.29) is 16.2 Å². The van der Waals surface area contributed by atoms with Crippen LogP contribution in [-0.4, -0.2) is 158 Å². The zero-order valence-corrected chi connectivity index (χ0v) is 19.9. The minimum absolute atomic E-state index is 0.0256. The highest BCUT2D eigenvalue weighted by Crippen LogP contribution is 2.56. The van der Waals surface area contributed by atoms with Crippen molar-refractivity contribution in [3.8, 4) is 11.5 Å². The lowest BCUT2D eigenvalue weighted by Gasteiger charge is -2.62. The maximum atomic E-state index is 13.2. The van der Waals surface area contributed by atoms with E-state index in [2.05, 4.69) is 4.74 Å². The second-order valence-corrected chi connectivity index (χ2v) is 9.28. The van der Waals surface area contributed by atoms with Crippen molar-refractivity contribution in [1.82, 2.24) is 4.90 Å². The molecule has 1 fully saturated rings. The Morgan fingerprint density at radius 2 is 1.32 bits per heavy atom. The van der Waals surface area contributed by atoms with E-state index in [0.29, 0.717) is 6.07 Å². The van der Waals surface area contributed by atoms with E-state index in [1.54, 1.807) is 0 Å². The van der Waals surface area contributed by atoms with Gasteiger partial charge in [0, 0.05) is 6.54 Å². The summed E-state index contributed by atoms with van der Waals surface area (Å²) in [6, 6.07) is -0.841. The van der Waals surface area contributed by atoms with Crippen LogP contribution in [0.3, 0.4) is 0 Å². The molecule has 17 N–H and O–H groups in total. The number of ketones is 1. The number of hydrogen-bond acceptors (Lipinski definition) is 21. The molecule has 2 unspecified atom stereocenters. The third-order valence-corrected chi connectivity index (χ3v) is 6.81. The van der Waals surface area contributed by atoms with Gasteiger partial charge in [0.2, 0.25) is 11.6 Å². The SMILES string of the molecule is COc1cc2c(cc1OC(O)(O)O)C1N(CC2)C(O)(O)C(O)(C(O)(O)C(O)(C(O)(O)O)C(O)(O)O)C(=O)C1(O)O. The van der Waals surface area contributed by atoms with Gasteiger partial charge in [-0.1, -0.05) is 0 Å². The van der Waals surface area contributed by atoms with E-state index in [1.807, 2.05) is 0 Å². The molecule has 3 rings (SSSR count). The van der Waals surface area contributed by atoms with Crippen LogP contribution in [-0.2, 0) is 11.2 Å². The van der Waals surface area contributed by atoms with Crippen molar-refractivity contribution in [2.24, 2.45) is 0 Å². The number of carbonyl (C=O) groups is 1. The first kappa shape index (κ1) is 32.3. The fourth-order valence-corrected chi connectivity index (χ4v) is 4.88. The molecule has 2 aliphatic heterocycles. The van der Waals surface area contributed by atoms with Crippen molar-refractivity contribution in [1.29, 1.82) is 0 Å². The maximum absolute atomic E-state index is 13.2. The first-order valence-electron chi connectivity index (χ1n) is 10.7. The highest BCUT2D eigenvalue weighted by atomic mass is 16.9. The second kappa shape index (κ2) is 8.88. The Labute approximate surface area is 220 Å². The summed E-state index contributed by atoms with van der Waals surface area (Å²) in [6.07, 6.45) is -4.31. The van der Waals surface area contributed by atoms with Gasteiger partial charge in [-0.15, -0.1) is 0 Å². The summed E-state index contributed by atoms with van der Waals surface area (Å²) in [5.74, 6) is -29.3. The molecule has 2 aliphatic rings. The zero-order chi connectivity index (χ0) is 31.3. The highest BCUT2D eigenvalue weighted by Gasteiger charge is 2.88. The Morgan fingerprint density at radius 1 is 0.825 bits per heavy atom. The Balaban J connectivity index is 2.32. The van der Waals surface area contributed by atoms with E-state index < -0.39 is 82.9 Å². The lowest BCUT2D eigenvalue weighted by molar-refractivity contribution is -0.567. The van der Waals surface area contributed by atoms with Gasteiger partial charge < -0.3 is 96.3 Å². The highest BCUT2D eigenvalue weighted by molar-refractivity contribution is 5.97. The summed E-state index contributed by atoms with van der Waals surface area (Å²) < 4.78 is 9.40. The standard InChI is InChI=1S/C19H27NO20/c1-39-8-4-6-2-3-20-10(7(6)5-9(8)40-19(36,37)38)12(22,23)11(21)13(24,16(20,28)29)15(26,27)14(25,17(30,31)32)18(33,34)35/h4-5,10,22-38H,2-3H2,1H3. The number of fused-ring (bicyclic) bond motifs is 3. The third-order valence-electron chi connectivity index (χ3n) is 6.81. The molecule has 0 bridgehead atoms. The Morgan fingerprint density at radius 3 is 1.75 bits per heavy atom. The number of carbonyl (C=O) groups excluding carboxylic acids is 1. The average Bonchev–Trinajstić information content (AvgIpc) is 2.77. The molecule has 1 aromatic rings. The van der Waals surface area contributed by atoms with Crippen molar-refractivity contribution in [2.45, 2.75) is 59.3 Å². The molecule has 1 aromatic carbocycles. The van der Waals surface area contributed by atoms with E-state index in [1.165, 1.54) is 0 Å². The van der Waals surface area contributed by atoms with Gasteiger partial charge in [-0.2, -0.15) is 0 Å². The van der Waals surface area contributed by atoms with Crippen LogP contribution in [0.4, 0.5) is 0 Å². The van der Waals surface area contributed by atoms with Gasteiger partial charge in [0.05, 0.1) is 7.11 Å². The van der Waals surface area contributed by atoms with Gasteiger partial charge in [0.25, 0.3) is 22.9 Å². The van der Waals surface area contributed by atoms with Crippen LogP contribution >= 0.6 is 0 Å². The number of aliphatic hydroxyl groups is 17. The molecule has 0 aromatic heterocycles. The number of nitrogens with zero attached hydrogens (tertiary/aromatic N) is 1. The van der Waals surface area contributed by atoms with Crippen LogP contribution in [0.25, 0.3) is 0 Å². The van der Waals surface area contributed by atoms with Crippen LogP contribution in [0.5, 0.6) is 11.5 Å². The molecule has 0 radical (unpaired) electrons. The molecule has 0 amide bonds. The predicted octanol–water partition coefficient (Wildman–Crippen LogP) is -10.1. The van der Waals surface area contributed by atoms with Gasteiger partial charge in [-0.3, -0.25) is 4.79 Å². The number of Topliss-reactive ketones (excluding diaryl/α,β-unsaturated/α-hetero) is 1. The van der Waals surface area contributed by atoms with Crippen molar-refractivity contribution in [2.75, 3.05) is 13.7 Å². The summed E-state index contributed by atoms with van der Waals surface area (Å²) in [5.41, 5.74) is -11.4. The molecular formula is C19H27NO20. The Kier molecular flexibility index (Phi) is 7.17. The smallest absolute Gasteiger partial charge is 0.453 e. The minimum Gasteiger partial charge on any atom is -0.493 e. The molecule has 0 aliphatic carbocycles. The van der Waals surface area contributed by atoms with Gasteiger partial charge in [-0.05, 0) is 29.7 Å². The van der Waals surface area contributed by atoms with Crippen molar-refractivity contribution in [3.05, 3.63) is 23.3 Å². The first-order chi connectivity index (χ1) is 17.6. The molecule has 228 valence electrons. The van der Waals surface area contributed by atoms with Gasteiger partial charge in [0.1, 0.15) is 6.04 Å². The van der Waals surface area contributed by atoms with E-state index in [0.717, 1.165) is 13.2 Å². The molecule has 21 nitrogen and oxygen atoms in total. The zero-order valence-electron chi connectivity index (χ0n) is 19.9. The number of hydrogen-bond donors (Lipinski definition) is 17. The van der Waals surface area contributed by atoms with Crippen LogP contribution in [0.1, 0.15) is 17.2 Å². The number of benzene rings is 1. The van der Waals surface area contributed by atoms with Crippen LogP contribution in [0.15, 0.2) is 12.1 Å². The van der Waals surface area contributed by atoms with E-state index in [9.17, 15) is 91.6 Å². The molecule has 21 heteroatoms. The number of piperidine rings is 1. The first-order valence-corrected chi connectivity index (χ1v) is 10.7. The quantitative estimate of drug-likeness (QED) is 0.131. The van der Waals surface area contributed by atoms with E-state index >= 15 is 0 Å². The van der Waals surface area contributed by atoms with Gasteiger partial charge in [-0.25, -0.2) is 4.90 Å². The van der Waals surface area contributed by atoms with Crippen molar-refractivity contribution in [3.63, 3.8) is 0 Å². The van der Waals surface area contributed by atoms with Gasteiger partial charge in [0.15, 0.2) is 11.5 Å². The van der Waals surface area contributed by atoms with Crippen molar-refractivity contribution >= 4 is 5.78 Å². The second-order valence-electron chi connectivity index (χ2n) is 9.28. The summed E-state index contributed by atoms with van der Waals surface area (Å²) >= 11 is 0. The van der Waals surface area contributed by atoms with E-state index in [4.69, 9.17) is 4.74 Å². The average molecular weight is 589 g/mol. The number of methoxy groups -OCH3 is 1. The molecule has 2 atom stereocenters. The normalized spacial score (nSPS) is 25.8. The predicted molar refractivity (Wildman–Crippen MR) is 111 cm³/mol. The molecule has 1 saturated heterocycles. The van der Waals surface area contributed by atoms with Crippen LogP contribution < -0.4 is 9.47 Å². The fraction of sp³-hybridized carbons (Fsp3) is 0.632. The fourth-order valence-electron chi connectivity index (χ4n) is 4.88. The molecule has 40 heavy (non-hydrogen) atoms. The summed E-state index contributed by atoms with van der Waals surface area (Å²) in [4.78, 5) is 13.2. The summed E-state index contributed by atoms with van der Waals surface area (Å²) in [6.45, 7) is -0.907. The summed E-state index contributed by atoms with van der Waals surface area (Å²) in [7, 11) is 1.05. The minimum atomic E-state index is -5.64. The molecule has 0 saturated carbocycles. The lowest BCUT2D eigenvalue weighted by Crippen LogP contribution is -2.93.